The van der Waals surface area contributed by atoms with E-state index in [4.69, 9.17) is 4.74 Å². The van der Waals surface area contributed by atoms with Crippen molar-refractivity contribution in [1.82, 2.24) is 4.98 Å². The maximum Gasteiger partial charge on any atom is 0.129 e. The number of anilines is 1. The molecule has 3 rings (SSSR count). The lowest BCUT2D eigenvalue weighted by Gasteiger charge is -2.23. The van der Waals surface area contributed by atoms with Crippen LogP contribution in [0, 0.1) is 5.92 Å². The molecule has 1 heterocycles. The van der Waals surface area contributed by atoms with Gasteiger partial charge in [-0.25, -0.2) is 4.98 Å². The fraction of sp³-hybridized carbons (Fsp3) is 0.227. The fourth-order valence-electron chi connectivity index (χ4n) is 2.75. The van der Waals surface area contributed by atoms with E-state index in [1.165, 1.54) is 11.1 Å². The van der Waals surface area contributed by atoms with Crippen LogP contribution < -0.4 is 10.1 Å². The zero-order valence-electron chi connectivity index (χ0n) is 14.7. The molecule has 0 bridgehead atoms. The van der Waals surface area contributed by atoms with Crippen molar-refractivity contribution in [2.24, 2.45) is 5.92 Å². The third-order valence-corrected chi connectivity index (χ3v) is 4.04. The third-order valence-electron chi connectivity index (χ3n) is 4.04. The van der Waals surface area contributed by atoms with Crippen molar-refractivity contribution in [1.29, 1.82) is 0 Å². The summed E-state index contributed by atoms with van der Waals surface area (Å²) in [6.07, 6.45) is 1.80. The number of nitrogens with zero attached hydrogens (tertiary/aromatic N) is 1. The highest BCUT2D eigenvalue weighted by Gasteiger charge is 2.17. The van der Waals surface area contributed by atoms with Crippen molar-refractivity contribution >= 4 is 5.82 Å². The summed E-state index contributed by atoms with van der Waals surface area (Å²) in [5.41, 5.74) is 2.41. The van der Waals surface area contributed by atoms with Crippen LogP contribution in [0.3, 0.4) is 0 Å². The van der Waals surface area contributed by atoms with Gasteiger partial charge >= 0.3 is 0 Å². The molecule has 3 aromatic rings. The largest absolute Gasteiger partial charge is 0.485 e. The third kappa shape index (κ3) is 4.83. The molecule has 128 valence electrons. The van der Waals surface area contributed by atoms with Gasteiger partial charge in [0.05, 0.1) is 0 Å². The van der Waals surface area contributed by atoms with Crippen LogP contribution in [0.1, 0.15) is 31.1 Å². The number of nitrogens with one attached hydrogen (secondary N) is 1. The van der Waals surface area contributed by atoms with Gasteiger partial charge in [-0.3, -0.25) is 0 Å². The van der Waals surface area contributed by atoms with Gasteiger partial charge in [0.1, 0.15) is 17.7 Å². The summed E-state index contributed by atoms with van der Waals surface area (Å²) in [4.78, 5) is 4.39. The molecule has 3 nitrogen and oxygen atoms in total. The molecule has 1 aromatic heterocycles. The Balaban J connectivity index is 1.70. The van der Waals surface area contributed by atoms with Crippen molar-refractivity contribution in [3.8, 4) is 5.75 Å². The Morgan fingerprint density at radius 3 is 2.28 bits per heavy atom. The lowest BCUT2D eigenvalue weighted by molar-refractivity contribution is 0.153. The van der Waals surface area contributed by atoms with Crippen molar-refractivity contribution < 1.29 is 4.74 Å². The average molecular weight is 332 g/mol. The van der Waals surface area contributed by atoms with E-state index in [-0.39, 0.29) is 6.10 Å². The number of hydrogen-bond donors (Lipinski definition) is 1. The van der Waals surface area contributed by atoms with Crippen LogP contribution in [-0.2, 0) is 6.54 Å². The monoisotopic (exact) mass is 332 g/mol. The average Bonchev–Trinajstić information content (AvgIpc) is 2.66. The van der Waals surface area contributed by atoms with Crippen molar-refractivity contribution in [3.05, 3.63) is 90.1 Å². The molecule has 0 aliphatic rings. The Kier molecular flexibility index (Phi) is 5.68. The first kappa shape index (κ1) is 17.0. The minimum atomic E-state index is 0.0190. The van der Waals surface area contributed by atoms with Crippen LogP contribution in [0.2, 0.25) is 0 Å². The van der Waals surface area contributed by atoms with E-state index in [1.54, 1.807) is 6.20 Å². The van der Waals surface area contributed by atoms with E-state index in [0.29, 0.717) is 5.92 Å². The first-order valence-corrected chi connectivity index (χ1v) is 8.68. The Hall–Kier alpha value is -2.81. The van der Waals surface area contributed by atoms with Gasteiger partial charge in [0.15, 0.2) is 0 Å². The molecule has 0 radical (unpaired) electrons. The molecule has 1 unspecified atom stereocenters. The zero-order valence-corrected chi connectivity index (χ0v) is 14.7. The Bertz CT molecular complexity index is 772. The normalized spacial score (nSPS) is 12.0. The fourth-order valence-corrected chi connectivity index (χ4v) is 2.75. The van der Waals surface area contributed by atoms with Gasteiger partial charge in [0, 0.05) is 18.8 Å². The molecule has 0 aliphatic carbocycles. The minimum absolute atomic E-state index is 0.0190. The second kappa shape index (κ2) is 8.34. The summed E-state index contributed by atoms with van der Waals surface area (Å²) in [5, 5.41) is 3.35. The number of ether oxygens (including phenoxy) is 1. The van der Waals surface area contributed by atoms with Crippen LogP contribution in [0.25, 0.3) is 0 Å². The Morgan fingerprint density at radius 2 is 1.60 bits per heavy atom. The van der Waals surface area contributed by atoms with Gasteiger partial charge in [-0.15, -0.1) is 0 Å². The molecule has 0 amide bonds. The predicted octanol–water partition coefficient (Wildman–Crippen LogP) is 5.47. The maximum absolute atomic E-state index is 6.27. The molecule has 0 fully saturated rings. The Morgan fingerprint density at radius 1 is 0.920 bits per heavy atom. The van der Waals surface area contributed by atoms with Crippen molar-refractivity contribution in [2.75, 3.05) is 5.32 Å². The molecule has 0 spiro atoms. The number of rotatable bonds is 7. The Labute approximate surface area is 149 Å². The lowest BCUT2D eigenvalue weighted by Crippen LogP contribution is -2.14. The first-order chi connectivity index (χ1) is 12.2. The van der Waals surface area contributed by atoms with E-state index >= 15 is 0 Å². The second-order valence-corrected chi connectivity index (χ2v) is 6.41. The molecule has 0 saturated carbocycles. The molecule has 2 aromatic carbocycles. The summed E-state index contributed by atoms with van der Waals surface area (Å²) in [6.45, 7) is 5.09. The van der Waals surface area contributed by atoms with Crippen LogP contribution in [0.15, 0.2) is 79.0 Å². The van der Waals surface area contributed by atoms with Crippen LogP contribution in [0.5, 0.6) is 5.75 Å². The molecule has 25 heavy (non-hydrogen) atoms. The van der Waals surface area contributed by atoms with Crippen LogP contribution in [0.4, 0.5) is 5.82 Å². The van der Waals surface area contributed by atoms with E-state index in [0.717, 1.165) is 18.1 Å². The number of aromatic nitrogens is 1. The summed E-state index contributed by atoms with van der Waals surface area (Å²) in [6, 6.07) is 24.5. The van der Waals surface area contributed by atoms with Gasteiger partial charge in [0.25, 0.3) is 0 Å². The van der Waals surface area contributed by atoms with Crippen molar-refractivity contribution in [2.45, 2.75) is 26.5 Å². The summed E-state index contributed by atoms with van der Waals surface area (Å²) in [5.74, 6) is 2.02. The molecule has 0 saturated heterocycles. The first-order valence-electron chi connectivity index (χ1n) is 8.68. The van der Waals surface area contributed by atoms with Crippen LogP contribution in [-0.4, -0.2) is 4.98 Å². The molecule has 0 aliphatic heterocycles. The standard InChI is InChI=1S/C22H24N2O/c1-17(2)22(19-11-7-4-8-12-19)25-20-13-14-23-21(15-20)24-16-18-9-5-3-6-10-18/h3-15,17,22H,16H2,1-2H3,(H,23,24). The van der Waals surface area contributed by atoms with Gasteiger partial charge < -0.3 is 10.1 Å². The van der Waals surface area contributed by atoms with Gasteiger partial charge in [-0.05, 0) is 23.1 Å². The summed E-state index contributed by atoms with van der Waals surface area (Å²) in [7, 11) is 0. The number of hydrogen-bond acceptors (Lipinski definition) is 3. The lowest BCUT2D eigenvalue weighted by atomic mass is 9.99. The van der Waals surface area contributed by atoms with E-state index in [2.05, 4.69) is 48.4 Å². The van der Waals surface area contributed by atoms with E-state index in [9.17, 15) is 0 Å². The topological polar surface area (TPSA) is 34.1 Å². The zero-order chi connectivity index (χ0) is 17.5. The predicted molar refractivity (Wildman–Crippen MR) is 103 cm³/mol. The van der Waals surface area contributed by atoms with Gasteiger partial charge in [-0.2, -0.15) is 0 Å². The molecular weight excluding hydrogens is 308 g/mol. The second-order valence-electron chi connectivity index (χ2n) is 6.41. The van der Waals surface area contributed by atoms with Crippen LogP contribution >= 0.6 is 0 Å². The highest BCUT2D eigenvalue weighted by atomic mass is 16.5. The smallest absolute Gasteiger partial charge is 0.129 e. The minimum Gasteiger partial charge on any atom is -0.485 e. The van der Waals surface area contributed by atoms with E-state index in [1.807, 2.05) is 48.5 Å². The molecule has 1 N–H and O–H groups in total. The number of benzene rings is 2. The van der Waals surface area contributed by atoms with Gasteiger partial charge in [0.2, 0.25) is 0 Å². The maximum atomic E-state index is 6.27. The van der Waals surface area contributed by atoms with E-state index < -0.39 is 0 Å². The van der Waals surface area contributed by atoms with Gasteiger partial charge in [-0.1, -0.05) is 74.5 Å². The number of pyridine rings is 1. The van der Waals surface area contributed by atoms with Crippen molar-refractivity contribution in [3.63, 3.8) is 0 Å². The SMILES string of the molecule is CC(C)C(Oc1ccnc(NCc2ccccc2)c1)c1ccccc1. The highest BCUT2D eigenvalue weighted by molar-refractivity contribution is 5.41. The quantitative estimate of drug-likeness (QED) is 0.623. The summed E-state index contributed by atoms with van der Waals surface area (Å²) < 4.78 is 6.27. The molecule has 1 atom stereocenters. The summed E-state index contributed by atoms with van der Waals surface area (Å²) >= 11 is 0. The highest BCUT2D eigenvalue weighted by Crippen LogP contribution is 2.29. The molecule has 3 heteroatoms. The molecular formula is C22H24N2O.